The summed E-state index contributed by atoms with van der Waals surface area (Å²) in [6, 6.07) is 0. The standard InChI is InChI=1S/C8H8F2IN/c1-4-3-12-5(2)7(11)6(4)8(9)10/h3,8H,1-2H3. The van der Waals surface area contributed by atoms with E-state index < -0.39 is 6.43 Å². The van der Waals surface area contributed by atoms with Gasteiger partial charge in [0.1, 0.15) is 0 Å². The molecule has 0 unspecified atom stereocenters. The Morgan fingerprint density at radius 2 is 2.00 bits per heavy atom. The summed E-state index contributed by atoms with van der Waals surface area (Å²) in [5.41, 5.74) is 1.33. The van der Waals surface area contributed by atoms with Gasteiger partial charge in [0, 0.05) is 15.3 Å². The molecule has 0 aromatic carbocycles. The first-order valence-electron chi connectivity index (χ1n) is 3.43. The average Bonchev–Trinajstić information content (AvgIpc) is 1.97. The van der Waals surface area contributed by atoms with Crippen LogP contribution >= 0.6 is 22.6 Å². The number of halogens is 3. The van der Waals surface area contributed by atoms with Crippen LogP contribution in [-0.4, -0.2) is 4.98 Å². The number of hydrogen-bond donors (Lipinski definition) is 0. The minimum atomic E-state index is -2.40. The summed E-state index contributed by atoms with van der Waals surface area (Å²) in [5, 5.41) is 0. The van der Waals surface area contributed by atoms with E-state index in [2.05, 4.69) is 4.98 Å². The predicted octanol–water partition coefficient (Wildman–Crippen LogP) is 3.24. The summed E-state index contributed by atoms with van der Waals surface area (Å²) in [5.74, 6) is 0. The van der Waals surface area contributed by atoms with Gasteiger partial charge in [0.25, 0.3) is 6.43 Å². The maximum absolute atomic E-state index is 12.4. The molecule has 0 saturated carbocycles. The quantitative estimate of drug-likeness (QED) is 0.721. The summed E-state index contributed by atoms with van der Waals surface area (Å²) in [6.07, 6.45) is -0.919. The predicted molar refractivity (Wildman–Crippen MR) is 51.4 cm³/mol. The fourth-order valence-corrected chi connectivity index (χ4v) is 1.76. The van der Waals surface area contributed by atoms with Gasteiger partial charge in [0.15, 0.2) is 0 Å². The molecule has 12 heavy (non-hydrogen) atoms. The molecular weight excluding hydrogens is 275 g/mol. The molecule has 0 fully saturated rings. The number of aromatic nitrogens is 1. The second kappa shape index (κ2) is 3.64. The van der Waals surface area contributed by atoms with Crippen LogP contribution in [0.3, 0.4) is 0 Å². The molecule has 1 aromatic rings. The van der Waals surface area contributed by atoms with Gasteiger partial charge in [0.05, 0.1) is 5.69 Å². The van der Waals surface area contributed by atoms with E-state index in [1.54, 1.807) is 13.8 Å². The number of aryl methyl sites for hydroxylation is 2. The molecule has 1 nitrogen and oxygen atoms in total. The van der Waals surface area contributed by atoms with Gasteiger partial charge in [-0.15, -0.1) is 0 Å². The average molecular weight is 283 g/mol. The van der Waals surface area contributed by atoms with Crippen molar-refractivity contribution < 1.29 is 8.78 Å². The van der Waals surface area contributed by atoms with Gasteiger partial charge in [0.2, 0.25) is 0 Å². The summed E-state index contributed by atoms with van der Waals surface area (Å²) in [4.78, 5) is 3.98. The van der Waals surface area contributed by atoms with Crippen molar-refractivity contribution in [2.24, 2.45) is 0 Å². The highest BCUT2D eigenvalue weighted by Crippen LogP contribution is 2.28. The molecule has 0 aliphatic heterocycles. The third-order valence-corrected chi connectivity index (χ3v) is 3.01. The second-order valence-corrected chi connectivity index (χ2v) is 3.63. The minimum Gasteiger partial charge on any atom is -0.260 e. The van der Waals surface area contributed by atoms with E-state index in [4.69, 9.17) is 0 Å². The lowest BCUT2D eigenvalue weighted by Crippen LogP contribution is -1.98. The van der Waals surface area contributed by atoms with Crippen LogP contribution in [0.25, 0.3) is 0 Å². The molecule has 0 spiro atoms. The number of pyridine rings is 1. The molecule has 0 radical (unpaired) electrons. The Balaban J connectivity index is 3.33. The van der Waals surface area contributed by atoms with Gasteiger partial charge in [-0.3, -0.25) is 4.98 Å². The van der Waals surface area contributed by atoms with Crippen molar-refractivity contribution >= 4 is 22.6 Å². The zero-order valence-corrected chi connectivity index (χ0v) is 8.89. The summed E-state index contributed by atoms with van der Waals surface area (Å²) < 4.78 is 25.4. The molecule has 0 N–H and O–H groups in total. The van der Waals surface area contributed by atoms with Crippen LogP contribution in [0.2, 0.25) is 0 Å². The van der Waals surface area contributed by atoms with E-state index >= 15 is 0 Å². The lowest BCUT2D eigenvalue weighted by atomic mass is 10.1. The maximum Gasteiger partial charge on any atom is 0.265 e. The molecule has 1 heterocycles. The molecule has 66 valence electrons. The molecule has 4 heteroatoms. The fourth-order valence-electron chi connectivity index (χ4n) is 0.956. The van der Waals surface area contributed by atoms with Crippen molar-refractivity contribution in [2.45, 2.75) is 20.3 Å². The Labute approximate surface area is 83.3 Å². The number of hydrogen-bond acceptors (Lipinski definition) is 1. The van der Waals surface area contributed by atoms with E-state index in [1.165, 1.54) is 6.20 Å². The van der Waals surface area contributed by atoms with Crippen molar-refractivity contribution in [1.82, 2.24) is 4.98 Å². The molecule has 1 aromatic heterocycles. The van der Waals surface area contributed by atoms with Crippen molar-refractivity contribution in [3.63, 3.8) is 0 Å². The molecule has 0 saturated heterocycles. The normalized spacial score (nSPS) is 10.8. The highest BCUT2D eigenvalue weighted by atomic mass is 127. The first kappa shape index (κ1) is 9.83. The van der Waals surface area contributed by atoms with Gasteiger partial charge >= 0.3 is 0 Å². The Bertz CT molecular complexity index is 299. The molecule has 0 aliphatic carbocycles. The first-order valence-corrected chi connectivity index (χ1v) is 4.51. The minimum absolute atomic E-state index is 0.114. The lowest BCUT2D eigenvalue weighted by Gasteiger charge is -2.08. The molecule has 1 rings (SSSR count). The molecule has 0 atom stereocenters. The number of rotatable bonds is 1. The van der Waals surface area contributed by atoms with Gasteiger partial charge < -0.3 is 0 Å². The number of alkyl halides is 2. The van der Waals surface area contributed by atoms with Gasteiger partial charge in [-0.05, 0) is 42.0 Å². The van der Waals surface area contributed by atoms with Crippen LogP contribution in [0.1, 0.15) is 23.2 Å². The van der Waals surface area contributed by atoms with Crippen molar-refractivity contribution in [1.29, 1.82) is 0 Å². The summed E-state index contributed by atoms with van der Waals surface area (Å²) >= 11 is 1.90. The smallest absolute Gasteiger partial charge is 0.260 e. The summed E-state index contributed by atoms with van der Waals surface area (Å²) in [7, 11) is 0. The Morgan fingerprint density at radius 3 is 2.42 bits per heavy atom. The molecular formula is C8H8F2IN. The van der Waals surface area contributed by atoms with Crippen LogP contribution < -0.4 is 0 Å². The van der Waals surface area contributed by atoms with Gasteiger partial charge in [-0.1, -0.05) is 0 Å². The zero-order chi connectivity index (χ0) is 9.30. The van der Waals surface area contributed by atoms with Crippen LogP contribution in [0.4, 0.5) is 8.78 Å². The van der Waals surface area contributed by atoms with Crippen molar-refractivity contribution in [3.05, 3.63) is 26.6 Å². The first-order chi connectivity index (χ1) is 5.54. The Morgan fingerprint density at radius 1 is 1.42 bits per heavy atom. The zero-order valence-electron chi connectivity index (χ0n) is 6.74. The van der Waals surface area contributed by atoms with Gasteiger partial charge in [-0.2, -0.15) is 0 Å². The Kier molecular flexibility index (Phi) is 2.98. The molecule has 0 bridgehead atoms. The van der Waals surface area contributed by atoms with E-state index in [0.29, 0.717) is 14.8 Å². The van der Waals surface area contributed by atoms with E-state index in [0.717, 1.165) is 0 Å². The third-order valence-electron chi connectivity index (χ3n) is 1.65. The second-order valence-electron chi connectivity index (χ2n) is 2.55. The van der Waals surface area contributed by atoms with E-state index in [9.17, 15) is 8.78 Å². The molecule has 0 aliphatic rings. The topological polar surface area (TPSA) is 12.9 Å². The van der Waals surface area contributed by atoms with Crippen molar-refractivity contribution in [3.8, 4) is 0 Å². The monoisotopic (exact) mass is 283 g/mol. The highest BCUT2D eigenvalue weighted by Gasteiger charge is 2.16. The largest absolute Gasteiger partial charge is 0.265 e. The third kappa shape index (κ3) is 1.73. The fraction of sp³-hybridized carbons (Fsp3) is 0.375. The maximum atomic E-state index is 12.4. The van der Waals surface area contributed by atoms with Crippen LogP contribution in [0, 0.1) is 17.4 Å². The Hall–Kier alpha value is -0.260. The van der Waals surface area contributed by atoms with Crippen molar-refractivity contribution in [2.75, 3.05) is 0 Å². The van der Waals surface area contributed by atoms with Gasteiger partial charge in [-0.25, -0.2) is 8.78 Å². The number of nitrogens with zero attached hydrogens (tertiary/aromatic N) is 1. The highest BCUT2D eigenvalue weighted by molar-refractivity contribution is 14.1. The van der Waals surface area contributed by atoms with Crippen LogP contribution in [0.15, 0.2) is 6.20 Å². The molecule has 0 amide bonds. The summed E-state index contributed by atoms with van der Waals surface area (Å²) in [6.45, 7) is 3.38. The van der Waals surface area contributed by atoms with E-state index in [1.807, 2.05) is 22.6 Å². The van der Waals surface area contributed by atoms with Crippen LogP contribution in [-0.2, 0) is 0 Å². The SMILES string of the molecule is Cc1cnc(C)c(I)c1C(F)F. The lowest BCUT2D eigenvalue weighted by molar-refractivity contribution is 0.149. The van der Waals surface area contributed by atoms with E-state index in [-0.39, 0.29) is 5.56 Å². The van der Waals surface area contributed by atoms with Crippen LogP contribution in [0.5, 0.6) is 0 Å².